The fourth-order valence-electron chi connectivity index (χ4n) is 2.14. The molecule has 0 saturated heterocycles. The van der Waals surface area contributed by atoms with Gasteiger partial charge in [0.1, 0.15) is 17.2 Å². The Bertz CT molecular complexity index is 792. The molecule has 0 aromatic heterocycles. The molecule has 5 nitrogen and oxygen atoms in total. The Labute approximate surface area is 120 Å². The number of Topliss-reactive ketones (excluding diaryl/α,β-unsaturated/α-hetero) is 2. The quantitative estimate of drug-likeness (QED) is 0.879. The largest absolute Gasteiger partial charge is 0.508 e. The monoisotopic (exact) mass is 281 g/mol. The van der Waals surface area contributed by atoms with Gasteiger partial charge in [-0.3, -0.25) is 9.59 Å². The molecule has 3 rings (SSSR count). The third-order valence-corrected chi connectivity index (χ3v) is 3.15. The Hall–Kier alpha value is -3.08. The van der Waals surface area contributed by atoms with E-state index in [1.54, 1.807) is 36.4 Å². The number of hydrogen-bond acceptors (Lipinski definition) is 5. The van der Waals surface area contributed by atoms with Crippen molar-refractivity contribution in [3.05, 3.63) is 71.1 Å². The first-order valence-electron chi connectivity index (χ1n) is 6.23. The third-order valence-electron chi connectivity index (χ3n) is 3.15. The van der Waals surface area contributed by atoms with Crippen molar-refractivity contribution >= 4 is 11.6 Å². The van der Waals surface area contributed by atoms with Gasteiger partial charge in [0.25, 0.3) is 0 Å². The van der Waals surface area contributed by atoms with Crippen LogP contribution in [-0.2, 0) is 0 Å². The first-order valence-corrected chi connectivity index (χ1v) is 6.23. The lowest BCUT2D eigenvalue weighted by Gasteiger charge is -2.18. The first kappa shape index (κ1) is 12.9. The van der Waals surface area contributed by atoms with Crippen LogP contribution in [0, 0.1) is 0 Å². The van der Waals surface area contributed by atoms with Crippen LogP contribution in [0.3, 0.4) is 0 Å². The number of nitrogens with two attached hydrogens (primary N) is 1. The Morgan fingerprint density at radius 2 is 1.57 bits per heavy atom. The van der Waals surface area contributed by atoms with Crippen LogP contribution in [0.2, 0.25) is 0 Å². The number of carbonyl (C=O) groups excluding carboxylic acids is 2. The number of hydrogen-bond donors (Lipinski definition) is 2. The van der Waals surface area contributed by atoms with E-state index >= 15 is 0 Å². The predicted octanol–water partition coefficient (Wildman–Crippen LogP) is 2.02. The normalized spacial score (nSPS) is 14.1. The molecular weight excluding hydrogens is 270 g/mol. The van der Waals surface area contributed by atoms with E-state index in [0.29, 0.717) is 0 Å². The Morgan fingerprint density at radius 1 is 0.905 bits per heavy atom. The first-order chi connectivity index (χ1) is 10.1. The van der Waals surface area contributed by atoms with Crippen LogP contribution in [0.25, 0.3) is 0 Å². The average molecular weight is 281 g/mol. The molecule has 0 heterocycles. The fraction of sp³-hybridized carbons (Fsp3) is 0. The number of benzene rings is 2. The second-order valence-electron chi connectivity index (χ2n) is 4.55. The van der Waals surface area contributed by atoms with Crippen molar-refractivity contribution in [2.45, 2.75) is 0 Å². The number of phenols is 1. The van der Waals surface area contributed by atoms with Crippen molar-refractivity contribution in [1.29, 1.82) is 0 Å². The van der Waals surface area contributed by atoms with Crippen molar-refractivity contribution in [1.82, 2.24) is 0 Å². The highest BCUT2D eigenvalue weighted by atomic mass is 16.5. The smallest absolute Gasteiger partial charge is 0.231 e. The van der Waals surface area contributed by atoms with E-state index < -0.39 is 11.6 Å². The number of allylic oxidation sites excluding steroid dienone is 2. The summed E-state index contributed by atoms with van der Waals surface area (Å²) < 4.78 is 5.41. The lowest BCUT2D eigenvalue weighted by molar-refractivity contribution is 0.0935. The van der Waals surface area contributed by atoms with Crippen LogP contribution in [0.4, 0.5) is 0 Å². The number of carbonyl (C=O) groups is 2. The molecule has 1 aliphatic rings. The standard InChI is InChI=1S/C16H11NO4/c17-13-14(19)11-6-1-2-7-12(11)15(20)16(13)21-10-5-3-4-9(18)8-10/h1-8,18H,17H2. The van der Waals surface area contributed by atoms with Crippen molar-refractivity contribution < 1.29 is 19.4 Å². The molecule has 0 saturated carbocycles. The molecule has 0 amide bonds. The van der Waals surface area contributed by atoms with Gasteiger partial charge in [-0.1, -0.05) is 30.3 Å². The van der Waals surface area contributed by atoms with Crippen molar-refractivity contribution in [2.24, 2.45) is 5.73 Å². The van der Waals surface area contributed by atoms with Crippen molar-refractivity contribution in [2.75, 3.05) is 0 Å². The molecule has 2 aromatic rings. The molecule has 0 aliphatic heterocycles. The molecule has 104 valence electrons. The summed E-state index contributed by atoms with van der Waals surface area (Å²) in [5.41, 5.74) is 6.02. The number of aromatic hydroxyl groups is 1. The lowest BCUT2D eigenvalue weighted by atomic mass is 9.91. The molecule has 3 N–H and O–H groups in total. The number of ether oxygens (including phenoxy) is 1. The summed E-state index contributed by atoms with van der Waals surface area (Å²) in [5, 5.41) is 9.40. The molecule has 0 radical (unpaired) electrons. The van der Waals surface area contributed by atoms with Crippen LogP contribution >= 0.6 is 0 Å². The molecule has 0 atom stereocenters. The summed E-state index contributed by atoms with van der Waals surface area (Å²) in [6, 6.07) is 12.3. The van der Waals surface area contributed by atoms with Gasteiger partial charge in [-0.15, -0.1) is 0 Å². The molecule has 1 aliphatic carbocycles. The molecule has 0 fully saturated rings. The van der Waals surface area contributed by atoms with Crippen LogP contribution in [-0.4, -0.2) is 16.7 Å². The molecule has 2 aromatic carbocycles. The van der Waals surface area contributed by atoms with E-state index in [9.17, 15) is 14.7 Å². The van der Waals surface area contributed by atoms with E-state index in [-0.39, 0.29) is 34.1 Å². The van der Waals surface area contributed by atoms with Gasteiger partial charge in [-0.25, -0.2) is 0 Å². The van der Waals surface area contributed by atoms with Crippen molar-refractivity contribution in [3.63, 3.8) is 0 Å². The summed E-state index contributed by atoms with van der Waals surface area (Å²) >= 11 is 0. The highest BCUT2D eigenvalue weighted by Crippen LogP contribution is 2.27. The van der Waals surface area contributed by atoms with Crippen LogP contribution in [0.1, 0.15) is 20.7 Å². The third kappa shape index (κ3) is 2.14. The average Bonchev–Trinajstić information content (AvgIpc) is 2.49. The van der Waals surface area contributed by atoms with Gasteiger partial charge in [0.05, 0.1) is 0 Å². The van der Waals surface area contributed by atoms with Crippen molar-refractivity contribution in [3.8, 4) is 11.5 Å². The fourth-order valence-corrected chi connectivity index (χ4v) is 2.14. The van der Waals surface area contributed by atoms with E-state index in [2.05, 4.69) is 0 Å². The number of rotatable bonds is 2. The molecule has 21 heavy (non-hydrogen) atoms. The topological polar surface area (TPSA) is 89.6 Å². The SMILES string of the molecule is NC1=C(Oc2cccc(O)c2)C(=O)c2ccccc2C1=O. The Morgan fingerprint density at radius 3 is 2.24 bits per heavy atom. The van der Waals surface area contributed by atoms with E-state index in [4.69, 9.17) is 10.5 Å². The van der Waals surface area contributed by atoms with E-state index in [1.165, 1.54) is 12.1 Å². The highest BCUT2D eigenvalue weighted by Gasteiger charge is 2.32. The summed E-state index contributed by atoms with van der Waals surface area (Å²) in [5.74, 6) is -0.897. The van der Waals surface area contributed by atoms with Crippen LogP contribution in [0.5, 0.6) is 11.5 Å². The molecule has 0 spiro atoms. The van der Waals surface area contributed by atoms with Gasteiger partial charge < -0.3 is 15.6 Å². The number of fused-ring (bicyclic) bond motifs is 1. The molecular formula is C16H11NO4. The maximum Gasteiger partial charge on any atom is 0.231 e. The van der Waals surface area contributed by atoms with E-state index in [1.807, 2.05) is 0 Å². The Kier molecular flexibility index (Phi) is 2.95. The summed E-state index contributed by atoms with van der Waals surface area (Å²) in [6.07, 6.45) is 0. The Balaban J connectivity index is 2.05. The van der Waals surface area contributed by atoms with Gasteiger partial charge in [0.15, 0.2) is 0 Å². The predicted molar refractivity (Wildman–Crippen MR) is 75.1 cm³/mol. The van der Waals surface area contributed by atoms with Gasteiger partial charge in [-0.2, -0.15) is 0 Å². The molecule has 0 bridgehead atoms. The minimum Gasteiger partial charge on any atom is -0.508 e. The minimum absolute atomic E-state index is 0.0124. The second-order valence-corrected chi connectivity index (χ2v) is 4.55. The second kappa shape index (κ2) is 4.79. The zero-order valence-electron chi connectivity index (χ0n) is 10.9. The molecule has 5 heteroatoms. The highest BCUT2D eigenvalue weighted by molar-refractivity contribution is 6.25. The van der Waals surface area contributed by atoms with E-state index in [0.717, 1.165) is 0 Å². The zero-order valence-corrected chi connectivity index (χ0v) is 10.9. The maximum absolute atomic E-state index is 12.4. The maximum atomic E-state index is 12.4. The van der Waals surface area contributed by atoms with Gasteiger partial charge in [0, 0.05) is 17.2 Å². The minimum atomic E-state index is -0.453. The summed E-state index contributed by atoms with van der Waals surface area (Å²) in [6.45, 7) is 0. The number of phenolic OH excluding ortho intramolecular Hbond substituents is 1. The summed E-state index contributed by atoms with van der Waals surface area (Å²) in [7, 11) is 0. The van der Waals surface area contributed by atoms with Crippen LogP contribution < -0.4 is 10.5 Å². The summed E-state index contributed by atoms with van der Waals surface area (Å²) in [4.78, 5) is 24.5. The zero-order chi connectivity index (χ0) is 15.0. The van der Waals surface area contributed by atoms with Gasteiger partial charge in [0.2, 0.25) is 17.3 Å². The van der Waals surface area contributed by atoms with Gasteiger partial charge >= 0.3 is 0 Å². The lowest BCUT2D eigenvalue weighted by Crippen LogP contribution is -2.28. The van der Waals surface area contributed by atoms with Crippen LogP contribution in [0.15, 0.2) is 60.0 Å². The molecule has 0 unspecified atom stereocenters. The number of ketones is 2. The van der Waals surface area contributed by atoms with Gasteiger partial charge in [-0.05, 0) is 12.1 Å².